The summed E-state index contributed by atoms with van der Waals surface area (Å²) < 4.78 is 11.4. The third kappa shape index (κ3) is 5.98. The lowest BCUT2D eigenvalue weighted by molar-refractivity contribution is -0.123. The van der Waals surface area contributed by atoms with Crippen LogP contribution in [0.15, 0.2) is 58.0 Å². The van der Waals surface area contributed by atoms with Crippen LogP contribution in [0.5, 0.6) is 5.75 Å². The van der Waals surface area contributed by atoms with Crippen LogP contribution in [-0.4, -0.2) is 18.7 Å². The molecule has 162 valence electrons. The zero-order valence-corrected chi connectivity index (χ0v) is 19.2. The Morgan fingerprint density at radius 3 is 2.55 bits per heavy atom. The standard InChI is InChI=1S/C25H27ClN2O3/c1-16-6-7-18(13-21(16)26)23-11-9-20(31-23)14-27-28-24(29)15-30-22-10-8-19(12-17(22)2)25(3,4)5/h6-14H,15H2,1-5H3,(H,28,29)/b27-14+. The van der Waals surface area contributed by atoms with Gasteiger partial charge in [0.1, 0.15) is 17.3 Å². The summed E-state index contributed by atoms with van der Waals surface area (Å²) in [5, 5.41) is 4.62. The second-order valence-electron chi connectivity index (χ2n) is 8.48. The van der Waals surface area contributed by atoms with Crippen molar-refractivity contribution < 1.29 is 13.9 Å². The molecule has 6 heteroatoms. The quantitative estimate of drug-likeness (QED) is 0.376. The van der Waals surface area contributed by atoms with E-state index >= 15 is 0 Å². The fourth-order valence-corrected chi connectivity index (χ4v) is 3.13. The van der Waals surface area contributed by atoms with Crippen LogP contribution in [0, 0.1) is 13.8 Å². The van der Waals surface area contributed by atoms with Gasteiger partial charge in [0.2, 0.25) is 0 Å². The minimum absolute atomic E-state index is 0.0623. The Balaban J connectivity index is 1.53. The number of halogens is 1. The molecule has 0 radical (unpaired) electrons. The number of hydrogen-bond acceptors (Lipinski definition) is 4. The summed E-state index contributed by atoms with van der Waals surface area (Å²) in [6.07, 6.45) is 1.45. The molecule has 0 saturated carbocycles. The monoisotopic (exact) mass is 438 g/mol. The average Bonchev–Trinajstić information content (AvgIpc) is 3.17. The van der Waals surface area contributed by atoms with Gasteiger partial charge >= 0.3 is 0 Å². The van der Waals surface area contributed by atoms with Gasteiger partial charge in [0.25, 0.3) is 5.91 Å². The molecule has 0 aliphatic carbocycles. The van der Waals surface area contributed by atoms with Gasteiger partial charge in [-0.15, -0.1) is 0 Å². The van der Waals surface area contributed by atoms with Crippen molar-refractivity contribution in [2.75, 3.05) is 6.61 Å². The van der Waals surface area contributed by atoms with Crippen LogP contribution in [0.3, 0.4) is 0 Å². The molecule has 1 aromatic heterocycles. The van der Waals surface area contributed by atoms with Crippen molar-refractivity contribution in [3.63, 3.8) is 0 Å². The molecule has 0 bridgehead atoms. The molecular weight excluding hydrogens is 412 g/mol. The van der Waals surface area contributed by atoms with Gasteiger partial charge in [0.15, 0.2) is 6.61 Å². The number of carbonyl (C=O) groups excluding carboxylic acids is 1. The summed E-state index contributed by atoms with van der Waals surface area (Å²) in [4.78, 5) is 12.0. The molecule has 3 aromatic rings. The van der Waals surface area contributed by atoms with Crippen molar-refractivity contribution in [1.29, 1.82) is 0 Å². The third-order valence-corrected chi connectivity index (χ3v) is 5.27. The van der Waals surface area contributed by atoms with Crippen molar-refractivity contribution in [2.45, 2.75) is 40.0 Å². The van der Waals surface area contributed by atoms with Crippen LogP contribution in [0.25, 0.3) is 11.3 Å². The zero-order chi connectivity index (χ0) is 22.6. The predicted octanol–water partition coefficient (Wildman–Crippen LogP) is 6.04. The van der Waals surface area contributed by atoms with Crippen molar-refractivity contribution >= 4 is 23.7 Å². The minimum atomic E-state index is -0.354. The first-order valence-corrected chi connectivity index (χ1v) is 10.4. The molecule has 5 nitrogen and oxygen atoms in total. The first kappa shape index (κ1) is 22.6. The van der Waals surface area contributed by atoms with E-state index in [1.165, 1.54) is 11.8 Å². The van der Waals surface area contributed by atoms with E-state index < -0.39 is 0 Å². The SMILES string of the molecule is Cc1ccc(-c2ccc(/C=N/NC(=O)COc3ccc(C(C)(C)C)cc3C)o2)cc1Cl. The topological polar surface area (TPSA) is 63.8 Å². The lowest BCUT2D eigenvalue weighted by Gasteiger charge is -2.20. The fraction of sp³-hybridized carbons (Fsp3) is 0.280. The molecule has 31 heavy (non-hydrogen) atoms. The van der Waals surface area contributed by atoms with Gasteiger partial charge in [-0.25, -0.2) is 5.43 Å². The molecule has 1 heterocycles. The Labute approximate surface area is 188 Å². The molecule has 0 unspecified atom stereocenters. The van der Waals surface area contributed by atoms with Gasteiger partial charge < -0.3 is 9.15 Å². The zero-order valence-electron chi connectivity index (χ0n) is 18.5. The Bertz CT molecular complexity index is 1110. The average molecular weight is 439 g/mol. The fourth-order valence-electron chi connectivity index (χ4n) is 2.94. The van der Waals surface area contributed by atoms with Gasteiger partial charge in [-0.3, -0.25) is 4.79 Å². The Morgan fingerprint density at radius 2 is 1.87 bits per heavy atom. The van der Waals surface area contributed by atoms with Gasteiger partial charge in [-0.05, 0) is 60.2 Å². The van der Waals surface area contributed by atoms with E-state index in [1.54, 1.807) is 6.07 Å². The van der Waals surface area contributed by atoms with Crippen LogP contribution >= 0.6 is 11.6 Å². The molecule has 3 rings (SSSR count). The number of rotatable bonds is 6. The van der Waals surface area contributed by atoms with Gasteiger partial charge in [0, 0.05) is 10.6 Å². The maximum absolute atomic E-state index is 12.0. The summed E-state index contributed by atoms with van der Waals surface area (Å²) in [7, 11) is 0. The molecule has 0 aliphatic heterocycles. The number of benzene rings is 2. The predicted molar refractivity (Wildman–Crippen MR) is 125 cm³/mol. The summed E-state index contributed by atoms with van der Waals surface area (Å²) in [5.41, 5.74) is 6.60. The van der Waals surface area contributed by atoms with Crippen molar-refractivity contribution in [1.82, 2.24) is 5.43 Å². The summed E-state index contributed by atoms with van der Waals surface area (Å²) >= 11 is 6.17. The lowest BCUT2D eigenvalue weighted by Crippen LogP contribution is -2.24. The van der Waals surface area contributed by atoms with E-state index in [2.05, 4.69) is 37.4 Å². The molecular formula is C25H27ClN2O3. The number of hydrogen-bond donors (Lipinski definition) is 1. The summed E-state index contributed by atoms with van der Waals surface area (Å²) in [6, 6.07) is 15.3. The first-order valence-electron chi connectivity index (χ1n) is 10.1. The van der Waals surface area contributed by atoms with Crippen LogP contribution in [0.4, 0.5) is 0 Å². The molecule has 1 amide bonds. The van der Waals surface area contributed by atoms with Gasteiger partial charge in [-0.2, -0.15) is 5.10 Å². The molecule has 0 fully saturated rings. The largest absolute Gasteiger partial charge is 0.483 e. The second kappa shape index (κ2) is 9.40. The minimum Gasteiger partial charge on any atom is -0.483 e. The van der Waals surface area contributed by atoms with Gasteiger partial charge in [0.05, 0.1) is 6.21 Å². The number of amides is 1. The van der Waals surface area contributed by atoms with Crippen LogP contribution in [-0.2, 0) is 10.2 Å². The summed E-state index contributed by atoms with van der Waals surface area (Å²) in [6.45, 7) is 10.3. The Morgan fingerprint density at radius 1 is 1.10 bits per heavy atom. The normalized spacial score (nSPS) is 11.7. The number of aryl methyl sites for hydroxylation is 2. The van der Waals surface area contributed by atoms with E-state index in [0.29, 0.717) is 22.3 Å². The van der Waals surface area contributed by atoms with Crippen LogP contribution < -0.4 is 10.2 Å². The molecule has 0 aliphatic rings. The highest BCUT2D eigenvalue weighted by Crippen LogP contribution is 2.28. The van der Waals surface area contributed by atoms with Gasteiger partial charge in [-0.1, -0.05) is 56.6 Å². The molecule has 0 atom stereocenters. The number of hydrazone groups is 1. The highest BCUT2D eigenvalue weighted by atomic mass is 35.5. The van der Waals surface area contributed by atoms with Crippen LogP contribution in [0.2, 0.25) is 5.02 Å². The van der Waals surface area contributed by atoms with E-state index in [1.807, 2.05) is 50.2 Å². The lowest BCUT2D eigenvalue weighted by atomic mass is 9.86. The molecule has 2 aromatic carbocycles. The number of ether oxygens (including phenoxy) is 1. The Kier molecular flexibility index (Phi) is 6.86. The smallest absolute Gasteiger partial charge is 0.277 e. The third-order valence-electron chi connectivity index (χ3n) is 4.86. The first-order chi connectivity index (χ1) is 14.6. The number of nitrogens with one attached hydrogen (secondary N) is 1. The number of furan rings is 1. The highest BCUT2D eigenvalue weighted by Gasteiger charge is 2.15. The van der Waals surface area contributed by atoms with E-state index in [-0.39, 0.29) is 17.9 Å². The molecule has 0 spiro atoms. The number of carbonyl (C=O) groups is 1. The van der Waals surface area contributed by atoms with E-state index in [0.717, 1.165) is 16.7 Å². The van der Waals surface area contributed by atoms with Crippen molar-refractivity contribution in [2.24, 2.45) is 5.10 Å². The molecule has 1 N–H and O–H groups in total. The number of nitrogens with zero attached hydrogens (tertiary/aromatic N) is 1. The maximum atomic E-state index is 12.0. The van der Waals surface area contributed by atoms with E-state index in [4.69, 9.17) is 20.8 Å². The van der Waals surface area contributed by atoms with E-state index in [9.17, 15) is 4.79 Å². The van der Waals surface area contributed by atoms with Crippen LogP contribution in [0.1, 0.15) is 43.2 Å². The van der Waals surface area contributed by atoms with Crippen molar-refractivity contribution in [3.05, 3.63) is 76.0 Å². The highest BCUT2D eigenvalue weighted by molar-refractivity contribution is 6.31. The Hall–Kier alpha value is -3.05. The van der Waals surface area contributed by atoms with Crippen molar-refractivity contribution in [3.8, 4) is 17.1 Å². The maximum Gasteiger partial charge on any atom is 0.277 e. The summed E-state index contributed by atoms with van der Waals surface area (Å²) in [5.74, 6) is 1.51. The molecule has 0 saturated heterocycles. The second-order valence-corrected chi connectivity index (χ2v) is 8.89.